The van der Waals surface area contributed by atoms with Gasteiger partial charge in [-0.3, -0.25) is 4.79 Å². The topological polar surface area (TPSA) is 68.0 Å². The average molecular weight is 313 g/mol. The summed E-state index contributed by atoms with van der Waals surface area (Å²) in [5.74, 6) is 0.433. The van der Waals surface area contributed by atoms with Crippen molar-refractivity contribution in [2.45, 2.75) is 40.0 Å². The molecule has 23 heavy (non-hydrogen) atoms. The molecular formula is C19H27N3O. The SMILES string of the molecule is CCC.CCCCNC(=O)c1cccc(-c2ccnc(N)c2)c1. The predicted octanol–water partition coefficient (Wildman–Crippen LogP) is 4.28. The number of unbranched alkanes of at least 4 members (excludes halogenated alkanes) is 1. The Morgan fingerprint density at radius 3 is 2.48 bits per heavy atom. The second-order valence-corrected chi connectivity index (χ2v) is 5.37. The lowest BCUT2D eigenvalue weighted by molar-refractivity contribution is 0.0953. The van der Waals surface area contributed by atoms with Gasteiger partial charge in [0.05, 0.1) is 0 Å². The first-order chi connectivity index (χ1) is 11.1. The molecule has 1 amide bonds. The van der Waals surface area contributed by atoms with Gasteiger partial charge in [-0.05, 0) is 41.8 Å². The molecule has 3 N–H and O–H groups in total. The van der Waals surface area contributed by atoms with E-state index in [4.69, 9.17) is 5.73 Å². The molecule has 2 aromatic rings. The summed E-state index contributed by atoms with van der Waals surface area (Å²) in [6.07, 6.45) is 4.97. The Hall–Kier alpha value is -2.36. The fraction of sp³-hybridized carbons (Fsp3) is 0.368. The van der Waals surface area contributed by atoms with Gasteiger partial charge in [-0.25, -0.2) is 4.98 Å². The minimum absolute atomic E-state index is 0.0395. The van der Waals surface area contributed by atoms with Crippen LogP contribution in [0.3, 0.4) is 0 Å². The van der Waals surface area contributed by atoms with Crippen molar-refractivity contribution in [1.82, 2.24) is 10.3 Å². The van der Waals surface area contributed by atoms with Crippen LogP contribution in [0, 0.1) is 0 Å². The lowest BCUT2D eigenvalue weighted by Crippen LogP contribution is -2.24. The average Bonchev–Trinajstić information content (AvgIpc) is 2.56. The second-order valence-electron chi connectivity index (χ2n) is 5.37. The maximum absolute atomic E-state index is 12.0. The third-order valence-electron chi connectivity index (χ3n) is 3.06. The lowest BCUT2D eigenvalue weighted by atomic mass is 10.0. The van der Waals surface area contributed by atoms with Gasteiger partial charge in [0.25, 0.3) is 5.91 Å². The molecule has 0 radical (unpaired) electrons. The Kier molecular flexibility index (Phi) is 8.43. The van der Waals surface area contributed by atoms with Crippen LogP contribution in [0.5, 0.6) is 0 Å². The van der Waals surface area contributed by atoms with Gasteiger partial charge in [0, 0.05) is 18.3 Å². The number of nitrogens with one attached hydrogen (secondary N) is 1. The highest BCUT2D eigenvalue weighted by Crippen LogP contribution is 2.21. The van der Waals surface area contributed by atoms with Crippen molar-refractivity contribution in [1.29, 1.82) is 0 Å². The molecule has 0 saturated carbocycles. The molecule has 0 bridgehead atoms. The lowest BCUT2D eigenvalue weighted by Gasteiger charge is -2.07. The molecule has 1 aromatic carbocycles. The normalized spacial score (nSPS) is 9.70. The maximum Gasteiger partial charge on any atom is 0.251 e. The van der Waals surface area contributed by atoms with E-state index >= 15 is 0 Å². The first-order valence-corrected chi connectivity index (χ1v) is 8.22. The van der Waals surface area contributed by atoms with Gasteiger partial charge in [0.2, 0.25) is 0 Å². The number of nitrogen functional groups attached to an aromatic ring is 1. The van der Waals surface area contributed by atoms with Crippen LogP contribution in [0.25, 0.3) is 11.1 Å². The van der Waals surface area contributed by atoms with Crippen LogP contribution >= 0.6 is 0 Å². The molecule has 2 rings (SSSR count). The van der Waals surface area contributed by atoms with E-state index in [1.807, 2.05) is 30.3 Å². The van der Waals surface area contributed by atoms with E-state index in [1.165, 1.54) is 6.42 Å². The van der Waals surface area contributed by atoms with Crippen molar-refractivity contribution in [3.05, 3.63) is 48.2 Å². The number of carbonyl (C=O) groups is 1. The largest absolute Gasteiger partial charge is 0.384 e. The van der Waals surface area contributed by atoms with Crippen LogP contribution in [0.15, 0.2) is 42.6 Å². The molecule has 0 spiro atoms. The third kappa shape index (κ3) is 6.51. The fourth-order valence-electron chi connectivity index (χ4n) is 1.95. The van der Waals surface area contributed by atoms with Crippen LogP contribution in [0.2, 0.25) is 0 Å². The van der Waals surface area contributed by atoms with Crippen LogP contribution in [0.4, 0.5) is 5.82 Å². The molecule has 4 nitrogen and oxygen atoms in total. The summed E-state index contributed by atoms with van der Waals surface area (Å²) in [4.78, 5) is 16.0. The standard InChI is InChI=1S/C16H19N3O.C3H8/c1-2-3-8-19-16(20)14-6-4-5-12(10-14)13-7-9-18-15(17)11-13;1-3-2/h4-7,9-11H,2-3,8H2,1H3,(H2,17,18)(H,19,20);3H2,1-2H3. The number of benzene rings is 1. The monoisotopic (exact) mass is 313 g/mol. The zero-order valence-electron chi connectivity index (χ0n) is 14.3. The molecule has 0 aliphatic carbocycles. The molecule has 0 aliphatic rings. The molecule has 0 saturated heterocycles. The number of hydrogen-bond donors (Lipinski definition) is 2. The van der Waals surface area contributed by atoms with Gasteiger partial charge in [0.1, 0.15) is 5.82 Å². The van der Waals surface area contributed by atoms with Gasteiger partial charge in [0.15, 0.2) is 0 Å². The summed E-state index contributed by atoms with van der Waals surface area (Å²) in [7, 11) is 0. The number of hydrogen-bond acceptors (Lipinski definition) is 3. The smallest absolute Gasteiger partial charge is 0.251 e. The van der Waals surface area contributed by atoms with Crippen molar-refractivity contribution >= 4 is 11.7 Å². The zero-order valence-corrected chi connectivity index (χ0v) is 14.3. The van der Waals surface area contributed by atoms with E-state index in [-0.39, 0.29) is 5.91 Å². The first kappa shape index (κ1) is 18.7. The summed E-state index contributed by atoms with van der Waals surface area (Å²) in [6, 6.07) is 11.2. The van der Waals surface area contributed by atoms with E-state index in [1.54, 1.807) is 12.3 Å². The van der Waals surface area contributed by atoms with Crippen LogP contribution in [-0.4, -0.2) is 17.4 Å². The summed E-state index contributed by atoms with van der Waals surface area (Å²) in [6.45, 7) is 7.06. The molecule has 0 atom stereocenters. The van der Waals surface area contributed by atoms with Gasteiger partial charge in [-0.1, -0.05) is 45.7 Å². The highest BCUT2D eigenvalue weighted by atomic mass is 16.1. The Morgan fingerprint density at radius 2 is 1.83 bits per heavy atom. The number of anilines is 1. The molecule has 1 heterocycles. The van der Waals surface area contributed by atoms with Crippen molar-refractivity contribution in [3.63, 3.8) is 0 Å². The zero-order chi connectivity index (χ0) is 17.1. The highest BCUT2D eigenvalue weighted by Gasteiger charge is 2.06. The Balaban J connectivity index is 0.000000816. The maximum atomic E-state index is 12.0. The van der Waals surface area contributed by atoms with E-state index in [0.29, 0.717) is 17.9 Å². The molecule has 0 unspecified atom stereocenters. The predicted molar refractivity (Wildman–Crippen MR) is 97.3 cm³/mol. The summed E-state index contributed by atoms with van der Waals surface area (Å²) < 4.78 is 0. The Bertz CT molecular complexity index is 611. The number of carbonyl (C=O) groups excluding carboxylic acids is 1. The van der Waals surface area contributed by atoms with Crippen LogP contribution in [-0.2, 0) is 0 Å². The fourth-order valence-corrected chi connectivity index (χ4v) is 1.95. The number of pyridine rings is 1. The van der Waals surface area contributed by atoms with E-state index in [9.17, 15) is 4.79 Å². The van der Waals surface area contributed by atoms with Crippen molar-refractivity contribution in [3.8, 4) is 11.1 Å². The van der Waals surface area contributed by atoms with Gasteiger partial charge in [-0.15, -0.1) is 0 Å². The van der Waals surface area contributed by atoms with E-state index < -0.39 is 0 Å². The van der Waals surface area contributed by atoms with Crippen LogP contribution in [0.1, 0.15) is 50.4 Å². The van der Waals surface area contributed by atoms with Gasteiger partial charge >= 0.3 is 0 Å². The number of amides is 1. The van der Waals surface area contributed by atoms with Gasteiger partial charge < -0.3 is 11.1 Å². The van der Waals surface area contributed by atoms with Crippen molar-refractivity contribution in [2.75, 3.05) is 12.3 Å². The Labute approximate surface area is 139 Å². The number of nitrogens with two attached hydrogens (primary N) is 1. The molecule has 0 aliphatic heterocycles. The minimum atomic E-state index is -0.0395. The molecule has 124 valence electrons. The summed E-state index contributed by atoms with van der Waals surface area (Å²) >= 11 is 0. The van der Waals surface area contributed by atoms with Crippen LogP contribution < -0.4 is 11.1 Å². The quantitative estimate of drug-likeness (QED) is 0.810. The second kappa shape index (κ2) is 10.4. The third-order valence-corrected chi connectivity index (χ3v) is 3.06. The number of nitrogens with zero attached hydrogens (tertiary/aromatic N) is 1. The molecule has 0 fully saturated rings. The molecule has 1 aromatic heterocycles. The molecular weight excluding hydrogens is 286 g/mol. The highest BCUT2D eigenvalue weighted by molar-refractivity contribution is 5.95. The summed E-state index contributed by atoms with van der Waals surface area (Å²) in [5, 5.41) is 2.91. The number of rotatable bonds is 5. The van der Waals surface area contributed by atoms with Gasteiger partial charge in [-0.2, -0.15) is 0 Å². The Morgan fingerprint density at radius 1 is 1.13 bits per heavy atom. The first-order valence-electron chi connectivity index (χ1n) is 8.22. The van der Waals surface area contributed by atoms with Crippen molar-refractivity contribution in [2.24, 2.45) is 0 Å². The van der Waals surface area contributed by atoms with E-state index in [2.05, 4.69) is 31.1 Å². The van der Waals surface area contributed by atoms with E-state index in [0.717, 1.165) is 24.0 Å². The summed E-state index contributed by atoms with van der Waals surface area (Å²) in [5.41, 5.74) is 8.26. The molecule has 4 heteroatoms. The number of aromatic nitrogens is 1. The minimum Gasteiger partial charge on any atom is -0.384 e. The van der Waals surface area contributed by atoms with Crippen molar-refractivity contribution < 1.29 is 4.79 Å².